The average molecular weight is 351 g/mol. The van der Waals surface area contributed by atoms with Crippen LogP contribution >= 0.6 is 12.2 Å². The first-order valence-electron chi connectivity index (χ1n) is 7.82. The van der Waals surface area contributed by atoms with Crippen LogP contribution in [0.25, 0.3) is 0 Å². The Balaban J connectivity index is 2.15. The number of rotatable bonds is 3. The summed E-state index contributed by atoms with van der Waals surface area (Å²) in [5, 5.41) is 1.95. The first-order chi connectivity index (χ1) is 12.1. The van der Waals surface area contributed by atoms with Gasteiger partial charge >= 0.3 is 0 Å². The molecule has 0 aromatic heterocycles. The number of halogens is 2. The highest BCUT2D eigenvalue weighted by Crippen LogP contribution is 2.23. The Labute approximate surface area is 151 Å². The SMILES string of the molecule is CCCCC#Cc1ccc(C#Cc2cc(F)c(N=C=S)c(F)c2)cc1. The first-order valence-corrected chi connectivity index (χ1v) is 8.22. The number of hydrogen-bond donors (Lipinski definition) is 0. The molecule has 2 aromatic rings. The molecule has 0 aliphatic heterocycles. The molecule has 0 spiro atoms. The fraction of sp³-hybridized carbons (Fsp3) is 0.190. The quantitative estimate of drug-likeness (QED) is 0.302. The number of nitrogens with zero attached hydrogens (tertiary/aromatic N) is 1. The van der Waals surface area contributed by atoms with Crippen LogP contribution in [0.4, 0.5) is 14.5 Å². The third-order valence-corrected chi connectivity index (χ3v) is 3.39. The summed E-state index contributed by atoms with van der Waals surface area (Å²) >= 11 is 4.36. The molecule has 0 unspecified atom stereocenters. The lowest BCUT2D eigenvalue weighted by Gasteiger charge is -1.98. The van der Waals surface area contributed by atoms with Crippen molar-refractivity contribution < 1.29 is 8.78 Å². The number of unbranched alkanes of at least 4 members (excludes halogenated alkanes) is 2. The van der Waals surface area contributed by atoms with Crippen LogP contribution in [0.2, 0.25) is 0 Å². The van der Waals surface area contributed by atoms with E-state index in [-0.39, 0.29) is 5.56 Å². The van der Waals surface area contributed by atoms with Gasteiger partial charge in [0.2, 0.25) is 0 Å². The topological polar surface area (TPSA) is 12.4 Å². The Kier molecular flexibility index (Phi) is 7.05. The Bertz CT molecular complexity index is 895. The molecule has 1 nitrogen and oxygen atoms in total. The van der Waals surface area contributed by atoms with Gasteiger partial charge in [0.05, 0.1) is 5.16 Å². The number of hydrogen-bond acceptors (Lipinski definition) is 2. The van der Waals surface area contributed by atoms with Gasteiger partial charge in [0.25, 0.3) is 0 Å². The lowest BCUT2D eigenvalue weighted by molar-refractivity contribution is 0.587. The summed E-state index contributed by atoms with van der Waals surface area (Å²) in [6, 6.07) is 9.65. The van der Waals surface area contributed by atoms with Crippen molar-refractivity contribution in [2.45, 2.75) is 26.2 Å². The molecular formula is C21H15F2NS. The smallest absolute Gasteiger partial charge is 0.153 e. The third kappa shape index (κ3) is 5.66. The zero-order valence-electron chi connectivity index (χ0n) is 13.7. The predicted molar refractivity (Wildman–Crippen MR) is 99.9 cm³/mol. The van der Waals surface area contributed by atoms with Crippen LogP contribution in [-0.2, 0) is 0 Å². The molecule has 0 aliphatic carbocycles. The maximum atomic E-state index is 13.7. The fourth-order valence-electron chi connectivity index (χ4n) is 2.00. The molecule has 0 saturated heterocycles. The van der Waals surface area contributed by atoms with Crippen molar-refractivity contribution >= 4 is 23.1 Å². The molecule has 25 heavy (non-hydrogen) atoms. The van der Waals surface area contributed by atoms with E-state index >= 15 is 0 Å². The van der Waals surface area contributed by atoms with Crippen LogP contribution < -0.4 is 0 Å². The molecule has 0 heterocycles. The van der Waals surface area contributed by atoms with Gasteiger partial charge in [-0.05, 0) is 55.0 Å². The molecule has 0 N–H and O–H groups in total. The van der Waals surface area contributed by atoms with E-state index in [1.165, 1.54) is 0 Å². The van der Waals surface area contributed by atoms with E-state index < -0.39 is 17.3 Å². The summed E-state index contributed by atoms with van der Waals surface area (Å²) in [5.41, 5.74) is 1.43. The van der Waals surface area contributed by atoms with Gasteiger partial charge in [-0.1, -0.05) is 37.0 Å². The highest BCUT2D eigenvalue weighted by atomic mass is 32.1. The van der Waals surface area contributed by atoms with Crippen molar-refractivity contribution in [1.29, 1.82) is 0 Å². The highest BCUT2D eigenvalue weighted by molar-refractivity contribution is 7.78. The van der Waals surface area contributed by atoms with Crippen LogP contribution in [0.1, 0.15) is 42.9 Å². The highest BCUT2D eigenvalue weighted by Gasteiger charge is 2.09. The number of benzene rings is 2. The van der Waals surface area contributed by atoms with E-state index in [2.05, 4.69) is 47.8 Å². The van der Waals surface area contributed by atoms with Crippen molar-refractivity contribution in [3.63, 3.8) is 0 Å². The van der Waals surface area contributed by atoms with E-state index in [9.17, 15) is 8.78 Å². The molecule has 2 aromatic carbocycles. The minimum absolute atomic E-state index is 0.224. The third-order valence-electron chi connectivity index (χ3n) is 3.30. The molecule has 0 fully saturated rings. The van der Waals surface area contributed by atoms with Crippen molar-refractivity contribution in [3.05, 3.63) is 64.7 Å². The predicted octanol–water partition coefficient (Wildman–Crippen LogP) is 5.64. The zero-order chi connectivity index (χ0) is 18.1. The van der Waals surface area contributed by atoms with Crippen LogP contribution in [0, 0.1) is 35.3 Å². The first kappa shape index (κ1) is 18.6. The second-order valence-electron chi connectivity index (χ2n) is 5.22. The molecule has 0 atom stereocenters. The van der Waals surface area contributed by atoms with E-state index in [0.29, 0.717) is 0 Å². The lowest BCUT2D eigenvalue weighted by atomic mass is 10.1. The van der Waals surface area contributed by atoms with E-state index in [0.717, 1.165) is 42.5 Å². The molecule has 124 valence electrons. The van der Waals surface area contributed by atoms with Gasteiger partial charge in [0.1, 0.15) is 5.69 Å². The van der Waals surface area contributed by atoms with Crippen LogP contribution in [0.3, 0.4) is 0 Å². The van der Waals surface area contributed by atoms with Crippen LogP contribution in [0.5, 0.6) is 0 Å². The van der Waals surface area contributed by atoms with E-state index in [1.54, 1.807) is 0 Å². The van der Waals surface area contributed by atoms with E-state index in [4.69, 9.17) is 0 Å². The standard InChI is InChI=1S/C21H15F2NS/c1-2-3-4-5-6-16-7-9-17(10-8-16)11-12-18-13-19(22)21(24-15-25)20(23)14-18/h7-10,13-14H,2-4H2,1H3. The zero-order valence-corrected chi connectivity index (χ0v) is 14.5. The summed E-state index contributed by atoms with van der Waals surface area (Å²) in [6.07, 6.45) is 3.11. The molecule has 0 aliphatic rings. The van der Waals surface area contributed by atoms with Gasteiger partial charge in [-0.2, -0.15) is 4.99 Å². The molecule has 0 amide bonds. The molecular weight excluding hydrogens is 336 g/mol. The normalized spacial score (nSPS) is 9.24. The maximum Gasteiger partial charge on any atom is 0.153 e. The van der Waals surface area contributed by atoms with Crippen molar-refractivity contribution in [1.82, 2.24) is 0 Å². The fourth-order valence-corrected chi connectivity index (χ4v) is 2.09. The molecule has 4 heteroatoms. The number of isothiocyanates is 1. The summed E-state index contributed by atoms with van der Waals surface area (Å²) in [6.45, 7) is 2.13. The monoisotopic (exact) mass is 351 g/mol. The Morgan fingerprint density at radius 2 is 1.48 bits per heavy atom. The molecule has 0 bridgehead atoms. The van der Waals surface area contributed by atoms with Gasteiger partial charge < -0.3 is 0 Å². The molecule has 0 radical (unpaired) electrons. The van der Waals surface area contributed by atoms with Gasteiger partial charge in [-0.15, -0.1) is 0 Å². The van der Waals surface area contributed by atoms with Gasteiger partial charge in [0.15, 0.2) is 11.6 Å². The lowest BCUT2D eigenvalue weighted by Crippen LogP contribution is -1.86. The Morgan fingerprint density at radius 1 is 0.920 bits per heavy atom. The van der Waals surface area contributed by atoms with E-state index in [1.807, 2.05) is 29.4 Å². The minimum Gasteiger partial charge on any atom is -0.204 e. The van der Waals surface area contributed by atoms with Gasteiger partial charge in [0, 0.05) is 23.1 Å². The van der Waals surface area contributed by atoms with Crippen molar-refractivity contribution in [3.8, 4) is 23.7 Å². The largest absolute Gasteiger partial charge is 0.204 e. The summed E-state index contributed by atoms with van der Waals surface area (Å²) < 4.78 is 27.5. The Morgan fingerprint density at radius 3 is 2.04 bits per heavy atom. The number of aliphatic imine (C=N–C) groups is 1. The minimum atomic E-state index is -0.820. The van der Waals surface area contributed by atoms with Gasteiger partial charge in [-0.3, -0.25) is 0 Å². The Hall–Kier alpha value is -2.78. The average Bonchev–Trinajstić information content (AvgIpc) is 2.61. The molecule has 0 saturated carbocycles. The maximum absolute atomic E-state index is 13.7. The van der Waals surface area contributed by atoms with Crippen LogP contribution in [0.15, 0.2) is 41.4 Å². The molecule has 2 rings (SSSR count). The summed E-state index contributed by atoms with van der Waals surface area (Å²) in [7, 11) is 0. The van der Waals surface area contributed by atoms with Gasteiger partial charge in [-0.25, -0.2) is 8.78 Å². The second-order valence-corrected chi connectivity index (χ2v) is 5.41. The summed E-state index contributed by atoms with van der Waals surface area (Å²) in [5.74, 6) is 10.2. The second kappa shape index (κ2) is 9.50. The summed E-state index contributed by atoms with van der Waals surface area (Å²) in [4.78, 5) is 3.36. The number of thiocarbonyl (C=S) groups is 1. The van der Waals surface area contributed by atoms with Crippen LogP contribution in [-0.4, -0.2) is 5.16 Å². The van der Waals surface area contributed by atoms with Crippen molar-refractivity contribution in [2.24, 2.45) is 4.99 Å². The van der Waals surface area contributed by atoms with Crippen molar-refractivity contribution in [2.75, 3.05) is 0 Å².